The zero-order valence-electron chi connectivity index (χ0n) is 15.6. The number of rotatable bonds is 6. The third-order valence-corrected chi connectivity index (χ3v) is 4.64. The maximum absolute atomic E-state index is 13.0. The van der Waals surface area contributed by atoms with E-state index < -0.39 is 17.8 Å². The van der Waals surface area contributed by atoms with Crippen LogP contribution in [-0.4, -0.2) is 30.5 Å². The van der Waals surface area contributed by atoms with E-state index in [1.165, 1.54) is 6.33 Å². The molecule has 29 heavy (non-hydrogen) atoms. The third-order valence-electron chi connectivity index (χ3n) is 4.64. The number of nitrogens with one attached hydrogen (secondary N) is 1. The molecule has 152 valence electrons. The average Bonchev–Trinajstić information content (AvgIpc) is 3.26. The van der Waals surface area contributed by atoms with E-state index in [0.29, 0.717) is 12.2 Å². The number of carbonyl (C=O) groups excluding carboxylic acids is 1. The summed E-state index contributed by atoms with van der Waals surface area (Å²) < 4.78 is 41.6. The van der Waals surface area contributed by atoms with E-state index in [1.54, 1.807) is 4.68 Å². The molecule has 7 nitrogen and oxygen atoms in total. The molecule has 3 aromatic rings. The molecular weight excluding hydrogens is 385 g/mol. The number of nitrogens with zero attached hydrogens (tertiary/aromatic N) is 5. The van der Waals surface area contributed by atoms with Crippen LogP contribution >= 0.6 is 0 Å². The Morgan fingerprint density at radius 1 is 1.21 bits per heavy atom. The molecule has 1 aliphatic rings. The lowest BCUT2D eigenvalue weighted by Crippen LogP contribution is -2.22. The Bertz CT molecular complexity index is 1020. The van der Waals surface area contributed by atoms with Crippen LogP contribution < -0.4 is 5.32 Å². The first-order valence-electron chi connectivity index (χ1n) is 9.18. The predicted molar refractivity (Wildman–Crippen MR) is 98.1 cm³/mol. The summed E-state index contributed by atoms with van der Waals surface area (Å²) in [6.45, 7) is 2.16. The third kappa shape index (κ3) is 4.64. The standard InChI is InChI=1S/C19H19F3N6O/c1-12-2-4-13(5-3-12)9-27-11-23-18(26-27)24-17(29)10-28-15(14-6-7-14)8-16(25-28)19(20,21)22/h2-5,8,11,14H,6-7,9-10H2,1H3,(H,24,26,29). The summed E-state index contributed by atoms with van der Waals surface area (Å²) >= 11 is 0. The molecule has 1 aromatic carbocycles. The van der Waals surface area contributed by atoms with Gasteiger partial charge in [0.2, 0.25) is 11.9 Å². The minimum absolute atomic E-state index is 0.0262. The van der Waals surface area contributed by atoms with Crippen LogP contribution in [-0.2, 0) is 24.1 Å². The highest BCUT2D eigenvalue weighted by atomic mass is 19.4. The number of aryl methyl sites for hydroxylation is 1. The number of alkyl halides is 3. The van der Waals surface area contributed by atoms with Crippen LogP contribution in [0.1, 0.15) is 41.3 Å². The van der Waals surface area contributed by atoms with Crippen LogP contribution in [0.4, 0.5) is 19.1 Å². The Balaban J connectivity index is 1.41. The first-order valence-corrected chi connectivity index (χ1v) is 9.18. The number of anilines is 1. The monoisotopic (exact) mass is 404 g/mol. The molecule has 0 bridgehead atoms. The molecule has 10 heteroatoms. The number of hydrogen-bond donors (Lipinski definition) is 1. The van der Waals surface area contributed by atoms with Gasteiger partial charge in [-0.15, -0.1) is 5.10 Å². The average molecular weight is 404 g/mol. The quantitative estimate of drug-likeness (QED) is 0.683. The Hall–Kier alpha value is -3.17. The largest absolute Gasteiger partial charge is 0.435 e. The summed E-state index contributed by atoms with van der Waals surface area (Å²) in [5.74, 6) is -0.409. The highest BCUT2D eigenvalue weighted by molar-refractivity contribution is 5.88. The minimum Gasteiger partial charge on any atom is -0.292 e. The fraction of sp³-hybridized carbons (Fsp3) is 0.368. The van der Waals surface area contributed by atoms with E-state index in [2.05, 4.69) is 20.5 Å². The van der Waals surface area contributed by atoms with Crippen LogP contribution in [0.5, 0.6) is 0 Å². The number of hydrogen-bond acceptors (Lipinski definition) is 4. The van der Waals surface area contributed by atoms with Gasteiger partial charge in [-0.3, -0.25) is 14.8 Å². The Morgan fingerprint density at radius 3 is 2.59 bits per heavy atom. The van der Waals surface area contributed by atoms with Gasteiger partial charge in [-0.2, -0.15) is 18.3 Å². The van der Waals surface area contributed by atoms with E-state index in [9.17, 15) is 18.0 Å². The second kappa shape index (κ2) is 7.34. The topological polar surface area (TPSA) is 77.6 Å². The molecule has 1 amide bonds. The van der Waals surface area contributed by atoms with Gasteiger partial charge < -0.3 is 0 Å². The van der Waals surface area contributed by atoms with Crippen LogP contribution in [0.25, 0.3) is 0 Å². The summed E-state index contributed by atoms with van der Waals surface area (Å²) in [6.07, 6.45) is -1.45. The van der Waals surface area contributed by atoms with Gasteiger partial charge in [0, 0.05) is 11.6 Å². The van der Waals surface area contributed by atoms with E-state index in [1.807, 2.05) is 31.2 Å². The molecule has 1 aliphatic carbocycles. The van der Waals surface area contributed by atoms with Crippen LogP contribution in [0, 0.1) is 6.92 Å². The second-order valence-electron chi connectivity index (χ2n) is 7.18. The molecule has 4 rings (SSSR count). The lowest BCUT2D eigenvalue weighted by atomic mass is 10.1. The molecule has 0 atom stereocenters. The van der Waals surface area contributed by atoms with Crippen LogP contribution in [0.15, 0.2) is 36.7 Å². The molecule has 2 aromatic heterocycles. The van der Waals surface area contributed by atoms with Gasteiger partial charge in [0.05, 0.1) is 6.54 Å². The zero-order chi connectivity index (χ0) is 20.6. The van der Waals surface area contributed by atoms with E-state index in [4.69, 9.17) is 0 Å². The zero-order valence-corrected chi connectivity index (χ0v) is 15.6. The maximum atomic E-state index is 13.0. The first kappa shape index (κ1) is 19.2. The first-order chi connectivity index (χ1) is 13.8. The molecule has 2 heterocycles. The molecule has 1 N–H and O–H groups in total. The smallest absolute Gasteiger partial charge is 0.292 e. The van der Waals surface area contributed by atoms with Crippen LogP contribution in [0.3, 0.4) is 0 Å². The minimum atomic E-state index is -4.54. The SMILES string of the molecule is Cc1ccc(Cn2cnc(NC(=O)Cn3nc(C(F)(F)F)cc3C3CC3)n2)cc1. The van der Waals surface area contributed by atoms with Gasteiger partial charge in [0.15, 0.2) is 5.69 Å². The molecule has 0 radical (unpaired) electrons. The number of carbonyl (C=O) groups is 1. The van der Waals surface area contributed by atoms with E-state index >= 15 is 0 Å². The van der Waals surface area contributed by atoms with Crippen molar-refractivity contribution in [1.82, 2.24) is 24.5 Å². The Morgan fingerprint density at radius 2 is 1.93 bits per heavy atom. The molecule has 0 spiro atoms. The van der Waals surface area contributed by atoms with Gasteiger partial charge in [-0.1, -0.05) is 29.8 Å². The van der Waals surface area contributed by atoms with Gasteiger partial charge in [0.1, 0.15) is 12.9 Å². The summed E-state index contributed by atoms with van der Waals surface area (Å²) in [6, 6.07) is 8.96. The lowest BCUT2D eigenvalue weighted by molar-refractivity contribution is -0.141. The normalized spacial score (nSPS) is 14.2. The molecule has 1 saturated carbocycles. The van der Waals surface area contributed by atoms with Crippen molar-refractivity contribution < 1.29 is 18.0 Å². The van der Waals surface area contributed by atoms with Crippen molar-refractivity contribution in [2.24, 2.45) is 0 Å². The Kier molecular flexibility index (Phi) is 4.85. The summed E-state index contributed by atoms with van der Waals surface area (Å²) in [5, 5.41) is 10.3. The van der Waals surface area contributed by atoms with Crippen molar-refractivity contribution in [2.45, 2.75) is 44.9 Å². The predicted octanol–water partition coefficient (Wildman–Crippen LogP) is 3.37. The van der Waals surface area contributed by atoms with Gasteiger partial charge in [0.25, 0.3) is 0 Å². The molecule has 0 saturated heterocycles. The highest BCUT2D eigenvalue weighted by Crippen LogP contribution is 2.42. The molecular formula is C19H19F3N6O. The fourth-order valence-corrected chi connectivity index (χ4v) is 3.01. The molecule has 0 unspecified atom stereocenters. The van der Waals surface area contributed by atoms with Crippen molar-refractivity contribution in [2.75, 3.05) is 5.32 Å². The number of amides is 1. The fourth-order valence-electron chi connectivity index (χ4n) is 3.01. The second-order valence-corrected chi connectivity index (χ2v) is 7.18. The van der Waals surface area contributed by atoms with Crippen LogP contribution in [0.2, 0.25) is 0 Å². The number of benzene rings is 1. The van der Waals surface area contributed by atoms with Gasteiger partial charge in [-0.05, 0) is 31.4 Å². The Labute approximate surface area is 164 Å². The number of halogens is 3. The van der Waals surface area contributed by atoms with Gasteiger partial charge in [-0.25, -0.2) is 9.67 Å². The number of aromatic nitrogens is 5. The van der Waals surface area contributed by atoms with E-state index in [0.717, 1.165) is 34.7 Å². The summed E-state index contributed by atoms with van der Waals surface area (Å²) in [4.78, 5) is 16.3. The van der Waals surface area contributed by atoms with Crippen molar-refractivity contribution >= 4 is 11.9 Å². The van der Waals surface area contributed by atoms with Crippen molar-refractivity contribution in [1.29, 1.82) is 0 Å². The highest BCUT2D eigenvalue weighted by Gasteiger charge is 2.38. The van der Waals surface area contributed by atoms with Crippen molar-refractivity contribution in [3.63, 3.8) is 0 Å². The van der Waals surface area contributed by atoms with Gasteiger partial charge >= 0.3 is 6.18 Å². The lowest BCUT2D eigenvalue weighted by Gasteiger charge is -2.06. The van der Waals surface area contributed by atoms with Crippen molar-refractivity contribution in [3.8, 4) is 0 Å². The molecule has 1 fully saturated rings. The summed E-state index contributed by atoms with van der Waals surface area (Å²) in [7, 11) is 0. The summed E-state index contributed by atoms with van der Waals surface area (Å²) in [5.41, 5.74) is 1.64. The van der Waals surface area contributed by atoms with Crippen molar-refractivity contribution in [3.05, 3.63) is 59.2 Å². The molecule has 0 aliphatic heterocycles. The van der Waals surface area contributed by atoms with E-state index in [-0.39, 0.29) is 18.4 Å². The maximum Gasteiger partial charge on any atom is 0.435 e.